The van der Waals surface area contributed by atoms with Crippen LogP contribution in [0.5, 0.6) is 5.75 Å². The summed E-state index contributed by atoms with van der Waals surface area (Å²) in [5, 5.41) is 20.1. The average Bonchev–Trinajstić information content (AvgIpc) is 2.57. The van der Waals surface area contributed by atoms with Crippen LogP contribution < -0.4 is 15.4 Å². The lowest BCUT2D eigenvalue weighted by molar-refractivity contribution is -0.384. The summed E-state index contributed by atoms with van der Waals surface area (Å²) >= 11 is 0. The number of nitro benzene ring substituents is 1. The Labute approximate surface area is 137 Å². The van der Waals surface area contributed by atoms with E-state index in [2.05, 4.69) is 0 Å². The molecule has 0 saturated heterocycles. The monoisotopic (exact) mass is 335 g/mol. The largest absolute Gasteiger partial charge is 0.496 e. The molecule has 24 heavy (non-hydrogen) atoms. The second-order valence-corrected chi connectivity index (χ2v) is 5.20. The molecule has 9 heteroatoms. The molecule has 0 aliphatic carbocycles. The molecule has 0 fully saturated rings. The third kappa shape index (κ3) is 3.35. The highest BCUT2D eigenvalue weighted by atomic mass is 16.6. The van der Waals surface area contributed by atoms with Crippen molar-refractivity contribution in [2.75, 3.05) is 18.6 Å². The molecule has 0 unspecified atom stereocenters. The first-order valence-corrected chi connectivity index (χ1v) is 7.17. The maximum Gasteiger partial charge on any atom is 0.320 e. The number of carbonyl (C=O) groups is 2. The summed E-state index contributed by atoms with van der Waals surface area (Å²) in [7, 11) is 1.43. The number of ether oxygens (including phenoxy) is 1. The van der Waals surface area contributed by atoms with Gasteiger partial charge in [0.05, 0.1) is 12.0 Å². The number of hydrogen-bond acceptors (Lipinski definition) is 6. The van der Waals surface area contributed by atoms with Crippen LogP contribution >= 0.6 is 0 Å². The smallest absolute Gasteiger partial charge is 0.320 e. The minimum absolute atomic E-state index is 0.0541. The fraction of sp³-hybridized carbons (Fsp3) is 0.333. The molecule has 3 N–H and O–H groups in total. The topological polar surface area (TPSA) is 136 Å². The van der Waals surface area contributed by atoms with Crippen LogP contribution in [-0.2, 0) is 9.59 Å². The number of nitrogens with zero attached hydrogens (tertiary/aromatic N) is 2. The van der Waals surface area contributed by atoms with E-state index in [-0.39, 0.29) is 30.8 Å². The standard InChI is InChI=1S/C15H17N3O6/c1-24-12-6-5-11(18(22)23)14-9(12)3-2-8-17(14)13(19)7-4-10(16)15(20)21/h2-3,5-6,10H,4,7-8,16H2,1H3,(H,20,21)/t10-/m0/s1. The number of methoxy groups -OCH3 is 1. The normalized spacial score (nSPS) is 14.0. The number of fused-ring (bicyclic) bond motifs is 1. The molecular weight excluding hydrogens is 318 g/mol. The lowest BCUT2D eigenvalue weighted by atomic mass is 10.0. The van der Waals surface area contributed by atoms with Crippen LogP contribution in [0.1, 0.15) is 18.4 Å². The third-order valence-corrected chi connectivity index (χ3v) is 3.70. The molecule has 0 radical (unpaired) electrons. The molecule has 0 bridgehead atoms. The number of hydrogen-bond donors (Lipinski definition) is 2. The number of aliphatic carboxylic acids is 1. The zero-order valence-electron chi connectivity index (χ0n) is 13.0. The second-order valence-electron chi connectivity index (χ2n) is 5.20. The number of carboxylic acid groups (broad SMARTS) is 1. The molecular formula is C15H17N3O6. The number of carboxylic acids is 1. The van der Waals surface area contributed by atoms with Gasteiger partial charge in [0, 0.05) is 24.6 Å². The number of rotatable bonds is 6. The zero-order chi connectivity index (χ0) is 17.9. The van der Waals surface area contributed by atoms with E-state index in [0.29, 0.717) is 11.3 Å². The van der Waals surface area contributed by atoms with Crippen molar-refractivity contribution >= 4 is 29.3 Å². The van der Waals surface area contributed by atoms with Crippen LogP contribution in [0, 0.1) is 10.1 Å². The Balaban J connectivity index is 2.36. The van der Waals surface area contributed by atoms with Gasteiger partial charge in [0.2, 0.25) is 5.91 Å². The number of amides is 1. The van der Waals surface area contributed by atoms with Crippen LogP contribution in [0.4, 0.5) is 11.4 Å². The van der Waals surface area contributed by atoms with Crippen molar-refractivity contribution in [2.45, 2.75) is 18.9 Å². The number of benzene rings is 1. The Bertz CT molecular complexity index is 715. The van der Waals surface area contributed by atoms with Crippen molar-refractivity contribution in [1.82, 2.24) is 0 Å². The van der Waals surface area contributed by atoms with Crippen LogP contribution in [0.25, 0.3) is 6.08 Å². The predicted molar refractivity (Wildman–Crippen MR) is 85.9 cm³/mol. The van der Waals surface area contributed by atoms with Gasteiger partial charge < -0.3 is 20.5 Å². The van der Waals surface area contributed by atoms with Gasteiger partial charge in [-0.1, -0.05) is 12.2 Å². The number of nitro groups is 1. The van der Waals surface area contributed by atoms with E-state index < -0.39 is 22.8 Å². The van der Waals surface area contributed by atoms with Gasteiger partial charge in [0.25, 0.3) is 5.69 Å². The van der Waals surface area contributed by atoms with E-state index in [9.17, 15) is 19.7 Å². The molecule has 0 spiro atoms. The van der Waals surface area contributed by atoms with Crippen LogP contribution in [0.15, 0.2) is 18.2 Å². The Kier molecular flexibility index (Phi) is 5.14. The van der Waals surface area contributed by atoms with Crippen molar-refractivity contribution in [1.29, 1.82) is 0 Å². The van der Waals surface area contributed by atoms with Crippen molar-refractivity contribution < 1.29 is 24.4 Å². The summed E-state index contributed by atoms with van der Waals surface area (Å²) in [6.07, 6.45) is 3.16. The number of anilines is 1. The predicted octanol–water partition coefficient (Wildman–Crippen LogP) is 1.16. The van der Waals surface area contributed by atoms with Crippen LogP contribution in [-0.4, -0.2) is 41.6 Å². The highest BCUT2D eigenvalue weighted by Crippen LogP contribution is 2.41. The Morgan fingerprint density at radius 3 is 2.79 bits per heavy atom. The molecule has 9 nitrogen and oxygen atoms in total. The van der Waals surface area contributed by atoms with E-state index in [1.54, 1.807) is 12.2 Å². The van der Waals surface area contributed by atoms with Gasteiger partial charge in [-0.15, -0.1) is 0 Å². The quantitative estimate of drug-likeness (QED) is 0.588. The molecule has 128 valence electrons. The molecule has 2 rings (SSSR count). The SMILES string of the molecule is COc1ccc([N+](=O)[O-])c2c1C=CCN2C(=O)CC[C@H](N)C(=O)O. The zero-order valence-corrected chi connectivity index (χ0v) is 13.0. The fourth-order valence-corrected chi connectivity index (χ4v) is 2.48. The maximum absolute atomic E-state index is 12.4. The minimum Gasteiger partial charge on any atom is -0.496 e. The fourth-order valence-electron chi connectivity index (χ4n) is 2.48. The molecule has 1 atom stereocenters. The molecule has 0 saturated carbocycles. The summed E-state index contributed by atoms with van der Waals surface area (Å²) in [4.78, 5) is 35.2. The van der Waals surface area contributed by atoms with Crippen molar-refractivity contribution in [3.05, 3.63) is 33.9 Å². The van der Waals surface area contributed by atoms with Gasteiger partial charge in [-0.25, -0.2) is 0 Å². The average molecular weight is 335 g/mol. The van der Waals surface area contributed by atoms with E-state index in [1.165, 1.54) is 24.1 Å². The van der Waals surface area contributed by atoms with E-state index >= 15 is 0 Å². The lowest BCUT2D eigenvalue weighted by Gasteiger charge is -2.27. The molecule has 0 aromatic heterocycles. The molecule has 1 aromatic rings. The van der Waals surface area contributed by atoms with Crippen LogP contribution in [0.2, 0.25) is 0 Å². The van der Waals surface area contributed by atoms with Gasteiger partial charge >= 0.3 is 5.97 Å². The van der Waals surface area contributed by atoms with Gasteiger partial charge in [0.1, 0.15) is 17.5 Å². The Morgan fingerprint density at radius 2 is 2.21 bits per heavy atom. The first kappa shape index (κ1) is 17.4. The summed E-state index contributed by atoms with van der Waals surface area (Å²) in [5.74, 6) is -1.23. The Morgan fingerprint density at radius 1 is 1.50 bits per heavy atom. The molecule has 1 aromatic carbocycles. The second kappa shape index (κ2) is 7.09. The molecule has 1 amide bonds. The number of carbonyl (C=O) groups excluding carboxylic acids is 1. The lowest BCUT2D eigenvalue weighted by Crippen LogP contribution is -2.36. The summed E-state index contributed by atoms with van der Waals surface area (Å²) in [5.41, 5.74) is 5.77. The summed E-state index contributed by atoms with van der Waals surface area (Å²) in [6, 6.07) is 1.59. The maximum atomic E-state index is 12.4. The van der Waals surface area contributed by atoms with Crippen molar-refractivity contribution in [3.63, 3.8) is 0 Å². The molecule has 1 aliphatic rings. The summed E-state index contributed by atoms with van der Waals surface area (Å²) in [6.45, 7) is 0.155. The van der Waals surface area contributed by atoms with E-state index in [0.717, 1.165) is 0 Å². The Hall–Kier alpha value is -2.94. The van der Waals surface area contributed by atoms with Crippen molar-refractivity contribution in [2.24, 2.45) is 5.73 Å². The summed E-state index contributed by atoms with van der Waals surface area (Å²) < 4.78 is 5.20. The highest BCUT2D eigenvalue weighted by molar-refractivity contribution is 6.01. The van der Waals surface area contributed by atoms with Crippen molar-refractivity contribution in [3.8, 4) is 5.75 Å². The first-order chi connectivity index (χ1) is 11.4. The first-order valence-electron chi connectivity index (χ1n) is 7.17. The molecule has 1 aliphatic heterocycles. The van der Waals surface area contributed by atoms with Gasteiger partial charge in [0.15, 0.2) is 0 Å². The minimum atomic E-state index is -1.20. The van der Waals surface area contributed by atoms with Gasteiger partial charge in [-0.3, -0.25) is 19.7 Å². The third-order valence-electron chi connectivity index (χ3n) is 3.70. The highest BCUT2D eigenvalue weighted by Gasteiger charge is 2.30. The van der Waals surface area contributed by atoms with Gasteiger partial charge in [-0.2, -0.15) is 0 Å². The van der Waals surface area contributed by atoms with Gasteiger partial charge in [-0.05, 0) is 12.5 Å². The van der Waals surface area contributed by atoms with E-state index in [4.69, 9.17) is 15.6 Å². The van der Waals surface area contributed by atoms with E-state index in [1.807, 2.05) is 0 Å². The van der Waals surface area contributed by atoms with Crippen LogP contribution in [0.3, 0.4) is 0 Å². The number of nitrogens with two attached hydrogens (primary N) is 1. The molecule has 1 heterocycles.